The van der Waals surface area contributed by atoms with Gasteiger partial charge in [0.05, 0.1) is 25.3 Å². The largest absolute Gasteiger partial charge is 0.496 e. The summed E-state index contributed by atoms with van der Waals surface area (Å²) in [6.45, 7) is 1.04. The van der Waals surface area contributed by atoms with Gasteiger partial charge in [0.15, 0.2) is 0 Å². The maximum Gasteiger partial charge on any atom is 0.255 e. The Labute approximate surface area is 186 Å². The molecule has 32 heavy (non-hydrogen) atoms. The highest BCUT2D eigenvalue weighted by Crippen LogP contribution is 2.23. The highest BCUT2D eigenvalue weighted by atomic mass is 16.5. The smallest absolute Gasteiger partial charge is 0.255 e. The molecule has 1 fully saturated rings. The fraction of sp³-hybridized carbons (Fsp3) is 0.304. The molecule has 0 radical (unpaired) electrons. The number of para-hydroxylation sites is 1. The van der Waals surface area contributed by atoms with E-state index >= 15 is 0 Å². The molecule has 1 aliphatic heterocycles. The Morgan fingerprint density at radius 1 is 1.25 bits per heavy atom. The van der Waals surface area contributed by atoms with Crippen LogP contribution in [0.5, 0.6) is 5.75 Å². The van der Waals surface area contributed by atoms with Crippen molar-refractivity contribution in [2.75, 3.05) is 25.9 Å². The van der Waals surface area contributed by atoms with Crippen LogP contribution in [0, 0.1) is 0 Å². The number of nitrogens with zero attached hydrogens (tertiary/aromatic N) is 4. The van der Waals surface area contributed by atoms with Gasteiger partial charge in [-0.1, -0.05) is 18.2 Å². The molecule has 0 saturated carbocycles. The number of carbonyl (C=O) groups is 2. The van der Waals surface area contributed by atoms with Crippen molar-refractivity contribution >= 4 is 17.6 Å². The van der Waals surface area contributed by atoms with Crippen molar-refractivity contribution in [1.82, 2.24) is 25.0 Å². The number of nitrogens with two attached hydrogens (primary N) is 1. The van der Waals surface area contributed by atoms with Crippen LogP contribution in [0.1, 0.15) is 22.3 Å². The molecular weight excluding hydrogens is 408 g/mol. The average molecular weight is 435 g/mol. The minimum absolute atomic E-state index is 0.00556. The third-order valence-electron chi connectivity index (χ3n) is 5.61. The van der Waals surface area contributed by atoms with E-state index in [1.165, 1.54) is 0 Å². The van der Waals surface area contributed by atoms with E-state index in [0.29, 0.717) is 30.8 Å². The Morgan fingerprint density at radius 2 is 2.06 bits per heavy atom. The Bertz CT molecular complexity index is 1140. The molecule has 3 heterocycles. The molecule has 0 bridgehead atoms. The lowest BCUT2D eigenvalue weighted by Gasteiger charge is -2.18. The summed E-state index contributed by atoms with van der Waals surface area (Å²) in [5, 5.41) is 7.14. The number of pyridine rings is 1. The molecule has 1 aromatic carbocycles. The number of likely N-dealkylation sites (tertiary alicyclic amines) is 1. The molecule has 9 nitrogen and oxygen atoms in total. The number of anilines is 1. The summed E-state index contributed by atoms with van der Waals surface area (Å²) in [5.74, 6) is 0.564. The van der Waals surface area contributed by atoms with E-state index in [2.05, 4.69) is 15.4 Å². The summed E-state index contributed by atoms with van der Waals surface area (Å²) in [5.41, 5.74) is 8.74. The number of carbonyl (C=O) groups excluding carboxylic acids is 2. The number of amides is 2. The zero-order valence-corrected chi connectivity index (χ0v) is 18.1. The van der Waals surface area contributed by atoms with Gasteiger partial charge < -0.3 is 20.7 Å². The number of hydrogen-bond donors (Lipinski definition) is 2. The van der Waals surface area contributed by atoms with Crippen molar-refractivity contribution in [2.24, 2.45) is 7.05 Å². The van der Waals surface area contributed by atoms with Gasteiger partial charge in [-0.2, -0.15) is 5.10 Å². The number of hydrogen-bond acceptors (Lipinski definition) is 6. The molecule has 3 N–H and O–H groups in total. The lowest BCUT2D eigenvalue weighted by molar-refractivity contribution is -0.129. The second kappa shape index (κ2) is 9.09. The van der Waals surface area contributed by atoms with Crippen molar-refractivity contribution in [3.8, 4) is 16.9 Å². The molecule has 0 spiro atoms. The molecule has 2 aromatic heterocycles. The highest BCUT2D eigenvalue weighted by molar-refractivity contribution is 5.99. The number of nitrogen functional groups attached to an aromatic ring is 1. The predicted octanol–water partition coefficient (Wildman–Crippen LogP) is 1.65. The van der Waals surface area contributed by atoms with Gasteiger partial charge in [0.25, 0.3) is 5.91 Å². The number of aryl methyl sites for hydroxylation is 1. The van der Waals surface area contributed by atoms with Crippen LogP contribution in [-0.4, -0.2) is 57.7 Å². The highest BCUT2D eigenvalue weighted by Gasteiger charge is 2.28. The first-order chi connectivity index (χ1) is 15.4. The van der Waals surface area contributed by atoms with E-state index in [0.717, 1.165) is 16.7 Å². The van der Waals surface area contributed by atoms with Gasteiger partial charge in [0.1, 0.15) is 11.6 Å². The van der Waals surface area contributed by atoms with Gasteiger partial charge in [0, 0.05) is 55.3 Å². The van der Waals surface area contributed by atoms with Crippen LogP contribution in [0.15, 0.2) is 48.9 Å². The van der Waals surface area contributed by atoms with Crippen LogP contribution in [0.2, 0.25) is 0 Å². The Kier molecular flexibility index (Phi) is 6.07. The summed E-state index contributed by atoms with van der Waals surface area (Å²) < 4.78 is 7.02. The molecule has 0 aliphatic carbocycles. The van der Waals surface area contributed by atoms with E-state index in [4.69, 9.17) is 10.5 Å². The van der Waals surface area contributed by atoms with E-state index < -0.39 is 0 Å². The Balaban J connectivity index is 1.39. The number of rotatable bonds is 6. The van der Waals surface area contributed by atoms with Crippen LogP contribution >= 0.6 is 0 Å². The molecule has 1 saturated heterocycles. The van der Waals surface area contributed by atoms with Gasteiger partial charge in [-0.3, -0.25) is 14.3 Å². The van der Waals surface area contributed by atoms with Crippen LogP contribution in [0.25, 0.3) is 11.1 Å². The summed E-state index contributed by atoms with van der Waals surface area (Å²) in [7, 11) is 3.41. The minimum atomic E-state index is -0.301. The van der Waals surface area contributed by atoms with E-state index in [1.54, 1.807) is 35.2 Å². The monoisotopic (exact) mass is 434 g/mol. The van der Waals surface area contributed by atoms with E-state index in [-0.39, 0.29) is 30.1 Å². The third-order valence-corrected chi connectivity index (χ3v) is 5.61. The lowest BCUT2D eigenvalue weighted by Crippen LogP contribution is -2.39. The predicted molar refractivity (Wildman–Crippen MR) is 120 cm³/mol. The summed E-state index contributed by atoms with van der Waals surface area (Å²) in [6, 6.07) is 9.05. The fourth-order valence-corrected chi connectivity index (χ4v) is 3.88. The molecule has 9 heteroatoms. The topological polar surface area (TPSA) is 115 Å². The molecule has 0 unspecified atom stereocenters. The van der Waals surface area contributed by atoms with Crippen molar-refractivity contribution < 1.29 is 14.3 Å². The molecule has 2 amide bonds. The summed E-state index contributed by atoms with van der Waals surface area (Å²) in [4.78, 5) is 31.6. The molecule has 1 aliphatic rings. The first-order valence-corrected chi connectivity index (χ1v) is 10.4. The van der Waals surface area contributed by atoms with Crippen molar-refractivity contribution in [2.45, 2.75) is 18.9 Å². The SMILES string of the molecule is COc1ccccc1CC(=O)N1CC[C@@H](NC(=O)c2cc(-c3cnn(C)c3)cnc2N)C1. The second-order valence-electron chi connectivity index (χ2n) is 7.85. The number of benzene rings is 1. The van der Waals surface area contributed by atoms with Crippen LogP contribution in [0.3, 0.4) is 0 Å². The summed E-state index contributed by atoms with van der Waals surface area (Å²) >= 11 is 0. The standard InChI is InChI=1S/C23H26N6O3/c1-28-13-17(12-26-28)16-9-19(22(24)25-11-16)23(31)27-18-7-8-29(14-18)21(30)10-15-5-3-4-6-20(15)32-2/h3-6,9,11-13,18H,7-8,10,14H2,1-2H3,(H2,24,25)(H,27,31)/t18-/m1/s1. The minimum Gasteiger partial charge on any atom is -0.496 e. The van der Waals surface area contributed by atoms with Crippen LogP contribution in [0.4, 0.5) is 5.82 Å². The maximum atomic E-state index is 12.9. The van der Waals surface area contributed by atoms with Crippen molar-refractivity contribution in [3.05, 3.63) is 60.0 Å². The quantitative estimate of drug-likeness (QED) is 0.610. The van der Waals surface area contributed by atoms with E-state index in [1.807, 2.05) is 37.5 Å². The van der Waals surface area contributed by atoms with Gasteiger partial charge in [0.2, 0.25) is 5.91 Å². The Morgan fingerprint density at radius 3 is 2.81 bits per heavy atom. The van der Waals surface area contributed by atoms with Crippen LogP contribution in [-0.2, 0) is 18.3 Å². The molecule has 3 aromatic rings. The van der Waals surface area contributed by atoms with Gasteiger partial charge in [-0.05, 0) is 18.6 Å². The second-order valence-corrected chi connectivity index (χ2v) is 7.85. The summed E-state index contributed by atoms with van der Waals surface area (Å²) in [6.07, 6.45) is 6.11. The number of ether oxygens (including phenoxy) is 1. The zero-order valence-electron chi connectivity index (χ0n) is 18.1. The number of aromatic nitrogens is 3. The maximum absolute atomic E-state index is 12.9. The number of nitrogens with one attached hydrogen (secondary N) is 1. The lowest BCUT2D eigenvalue weighted by atomic mass is 10.1. The number of methoxy groups -OCH3 is 1. The van der Waals surface area contributed by atoms with Gasteiger partial charge in [-0.15, -0.1) is 0 Å². The molecule has 4 rings (SSSR count). The molecular formula is C23H26N6O3. The first-order valence-electron chi connectivity index (χ1n) is 10.4. The van der Waals surface area contributed by atoms with Gasteiger partial charge >= 0.3 is 0 Å². The molecule has 1 atom stereocenters. The Hall–Kier alpha value is -3.88. The first kappa shape index (κ1) is 21.4. The van der Waals surface area contributed by atoms with Crippen molar-refractivity contribution in [1.29, 1.82) is 0 Å². The third kappa shape index (κ3) is 4.56. The van der Waals surface area contributed by atoms with Gasteiger partial charge in [-0.25, -0.2) is 4.98 Å². The van der Waals surface area contributed by atoms with Crippen molar-refractivity contribution in [3.63, 3.8) is 0 Å². The molecule has 166 valence electrons. The zero-order chi connectivity index (χ0) is 22.7. The fourth-order valence-electron chi connectivity index (χ4n) is 3.88. The van der Waals surface area contributed by atoms with Crippen LogP contribution < -0.4 is 15.8 Å². The normalized spacial score (nSPS) is 15.6. The van der Waals surface area contributed by atoms with E-state index in [9.17, 15) is 9.59 Å². The average Bonchev–Trinajstić information content (AvgIpc) is 3.43.